The van der Waals surface area contributed by atoms with Gasteiger partial charge in [-0.25, -0.2) is 0 Å². The minimum absolute atomic E-state index is 0.0806. The summed E-state index contributed by atoms with van der Waals surface area (Å²) in [6, 6.07) is 4.70. The fourth-order valence-corrected chi connectivity index (χ4v) is 2.48. The maximum Gasteiger partial charge on any atom is 0.185 e. The Morgan fingerprint density at radius 3 is 2.65 bits per heavy atom. The molecular weight excluding hydrogens is 308 g/mol. The molecule has 1 aromatic carbocycles. The molecule has 6 heteroatoms. The molecule has 0 bridgehead atoms. The molecule has 94 valence electrons. The van der Waals surface area contributed by atoms with Crippen LogP contribution in [0.2, 0.25) is 0 Å². The number of aliphatic hydroxyl groups is 2. The van der Waals surface area contributed by atoms with Crippen molar-refractivity contribution >= 4 is 32.8 Å². The smallest absolute Gasteiger partial charge is 0.185 e. The summed E-state index contributed by atoms with van der Waals surface area (Å²) in [4.78, 5) is 10.8. The van der Waals surface area contributed by atoms with Gasteiger partial charge in [-0.05, 0) is 12.1 Å². The molecule has 0 radical (unpaired) electrons. The minimum Gasteiger partial charge on any atom is -0.508 e. The largest absolute Gasteiger partial charge is 0.508 e. The molecule has 0 heterocycles. The molecule has 0 saturated heterocycles. The number of thioether (sulfide) groups is 1. The molecule has 0 aromatic heterocycles. The predicted octanol–water partition coefficient (Wildman–Crippen LogP) is 1.83. The first-order chi connectivity index (χ1) is 7.93. The number of rotatable bonds is 4. The van der Waals surface area contributed by atoms with Gasteiger partial charge in [0, 0.05) is 22.7 Å². The Morgan fingerprint density at radius 1 is 1.47 bits per heavy atom. The van der Waals surface area contributed by atoms with Crippen LogP contribution in [0.5, 0.6) is 5.75 Å². The van der Waals surface area contributed by atoms with Crippen LogP contribution in [0.15, 0.2) is 22.7 Å². The fourth-order valence-electron chi connectivity index (χ4n) is 1.30. The number of carbonyl (C=O) groups excluding carboxylic acids is 1. The molecule has 1 aromatic rings. The average Bonchev–Trinajstić information content (AvgIpc) is 2.25. The molecule has 0 aliphatic carbocycles. The molecule has 0 saturated carbocycles. The molecule has 0 fully saturated rings. The molecule has 4 nitrogen and oxygen atoms in total. The number of phenolic OH excluding ortho intramolecular Hbond substituents is 1. The van der Waals surface area contributed by atoms with Crippen molar-refractivity contribution in [3.05, 3.63) is 28.2 Å². The van der Waals surface area contributed by atoms with Crippen molar-refractivity contribution in [1.29, 1.82) is 0 Å². The SMILES string of the molecule is CC(=O)SCC(O)C(O)c1c(O)cccc1Br. The van der Waals surface area contributed by atoms with Gasteiger partial charge in [-0.2, -0.15) is 0 Å². The molecule has 17 heavy (non-hydrogen) atoms. The zero-order valence-corrected chi connectivity index (χ0v) is 11.5. The van der Waals surface area contributed by atoms with Crippen molar-refractivity contribution in [3.63, 3.8) is 0 Å². The summed E-state index contributed by atoms with van der Waals surface area (Å²) in [5.74, 6) is -0.0178. The summed E-state index contributed by atoms with van der Waals surface area (Å²) in [5.41, 5.74) is 0.226. The quantitative estimate of drug-likeness (QED) is 0.789. The third-order valence-electron chi connectivity index (χ3n) is 2.15. The Balaban J connectivity index is 2.81. The topological polar surface area (TPSA) is 77.8 Å². The highest BCUT2D eigenvalue weighted by atomic mass is 79.9. The van der Waals surface area contributed by atoms with Crippen LogP contribution in [-0.4, -0.2) is 32.3 Å². The number of aromatic hydroxyl groups is 1. The molecule has 0 aliphatic rings. The second-order valence-electron chi connectivity index (χ2n) is 3.49. The third-order valence-corrected chi connectivity index (χ3v) is 3.75. The van der Waals surface area contributed by atoms with E-state index in [2.05, 4.69) is 15.9 Å². The molecule has 2 atom stereocenters. The van der Waals surface area contributed by atoms with E-state index in [1.807, 2.05) is 0 Å². The normalized spacial score (nSPS) is 14.4. The Bertz CT molecular complexity index is 390. The van der Waals surface area contributed by atoms with E-state index < -0.39 is 12.2 Å². The summed E-state index contributed by atoms with van der Waals surface area (Å²) >= 11 is 4.12. The van der Waals surface area contributed by atoms with Gasteiger partial charge in [0.15, 0.2) is 5.12 Å². The highest BCUT2D eigenvalue weighted by Gasteiger charge is 2.23. The van der Waals surface area contributed by atoms with E-state index in [0.29, 0.717) is 4.47 Å². The number of halogens is 1. The van der Waals surface area contributed by atoms with Gasteiger partial charge < -0.3 is 15.3 Å². The van der Waals surface area contributed by atoms with E-state index in [-0.39, 0.29) is 22.2 Å². The molecule has 3 N–H and O–H groups in total. The summed E-state index contributed by atoms with van der Waals surface area (Å²) in [6.45, 7) is 1.39. The van der Waals surface area contributed by atoms with Crippen LogP contribution in [0.4, 0.5) is 0 Å². The summed E-state index contributed by atoms with van der Waals surface area (Å²) in [7, 11) is 0. The van der Waals surface area contributed by atoms with Crippen molar-refractivity contribution in [3.8, 4) is 5.75 Å². The van der Waals surface area contributed by atoms with Crippen LogP contribution in [0.3, 0.4) is 0 Å². The van der Waals surface area contributed by atoms with Crippen molar-refractivity contribution in [2.24, 2.45) is 0 Å². The highest BCUT2D eigenvalue weighted by Crippen LogP contribution is 2.33. The summed E-state index contributed by atoms with van der Waals surface area (Å²) in [6.07, 6.45) is -2.36. The van der Waals surface area contributed by atoms with Crippen LogP contribution in [0.25, 0.3) is 0 Å². The monoisotopic (exact) mass is 320 g/mol. The van der Waals surface area contributed by atoms with Gasteiger partial charge >= 0.3 is 0 Å². The van der Waals surface area contributed by atoms with Gasteiger partial charge in [0.25, 0.3) is 0 Å². The first-order valence-corrected chi connectivity index (χ1v) is 6.68. The van der Waals surface area contributed by atoms with Crippen LogP contribution in [0.1, 0.15) is 18.6 Å². The number of carbonyl (C=O) groups is 1. The van der Waals surface area contributed by atoms with Crippen molar-refractivity contribution in [2.45, 2.75) is 19.1 Å². The number of hydrogen-bond donors (Lipinski definition) is 3. The number of hydrogen-bond acceptors (Lipinski definition) is 5. The maximum absolute atomic E-state index is 10.8. The average molecular weight is 321 g/mol. The number of phenols is 1. The highest BCUT2D eigenvalue weighted by molar-refractivity contribution is 9.10. The molecule has 2 unspecified atom stereocenters. The molecule has 0 aliphatic heterocycles. The van der Waals surface area contributed by atoms with E-state index in [1.165, 1.54) is 13.0 Å². The van der Waals surface area contributed by atoms with E-state index in [0.717, 1.165) is 11.8 Å². The molecule has 0 amide bonds. The Kier molecular flexibility index (Phi) is 5.45. The Morgan fingerprint density at radius 2 is 2.12 bits per heavy atom. The van der Waals surface area contributed by atoms with Gasteiger partial charge in [0.05, 0.1) is 6.10 Å². The minimum atomic E-state index is -1.24. The zero-order valence-electron chi connectivity index (χ0n) is 9.13. The lowest BCUT2D eigenvalue weighted by Crippen LogP contribution is -2.21. The first-order valence-electron chi connectivity index (χ1n) is 4.90. The van der Waals surface area contributed by atoms with Gasteiger partial charge in [-0.1, -0.05) is 33.8 Å². The maximum atomic E-state index is 10.8. The standard InChI is InChI=1S/C11H13BrO4S/c1-6(13)17-5-9(15)11(16)10-7(12)3-2-4-8(10)14/h2-4,9,11,14-16H,5H2,1H3. The number of benzene rings is 1. The van der Waals surface area contributed by atoms with Crippen LogP contribution in [-0.2, 0) is 4.79 Å². The lowest BCUT2D eigenvalue weighted by Gasteiger charge is -2.19. The van der Waals surface area contributed by atoms with Gasteiger partial charge in [0.2, 0.25) is 0 Å². The van der Waals surface area contributed by atoms with Crippen LogP contribution < -0.4 is 0 Å². The van der Waals surface area contributed by atoms with Crippen LogP contribution >= 0.6 is 27.7 Å². The van der Waals surface area contributed by atoms with Crippen molar-refractivity contribution < 1.29 is 20.1 Å². The molecule has 0 spiro atoms. The van der Waals surface area contributed by atoms with E-state index in [4.69, 9.17) is 0 Å². The van der Waals surface area contributed by atoms with Gasteiger partial charge in [-0.15, -0.1) is 0 Å². The number of aliphatic hydroxyl groups excluding tert-OH is 2. The lowest BCUT2D eigenvalue weighted by molar-refractivity contribution is -0.109. The second-order valence-corrected chi connectivity index (χ2v) is 5.54. The fraction of sp³-hybridized carbons (Fsp3) is 0.364. The zero-order chi connectivity index (χ0) is 13.0. The first kappa shape index (κ1) is 14.5. The van der Waals surface area contributed by atoms with E-state index in [1.54, 1.807) is 12.1 Å². The second kappa shape index (κ2) is 6.39. The Labute approximate surface area is 112 Å². The predicted molar refractivity (Wildman–Crippen MR) is 69.9 cm³/mol. The van der Waals surface area contributed by atoms with Crippen molar-refractivity contribution in [1.82, 2.24) is 0 Å². The Hall–Kier alpha value is -0.560. The van der Waals surface area contributed by atoms with Crippen LogP contribution in [0, 0.1) is 0 Å². The summed E-state index contributed by atoms with van der Waals surface area (Å²) < 4.78 is 0.511. The molecule has 1 rings (SSSR count). The molecular formula is C11H13BrO4S. The van der Waals surface area contributed by atoms with E-state index >= 15 is 0 Å². The lowest BCUT2D eigenvalue weighted by atomic mass is 10.0. The third kappa shape index (κ3) is 3.99. The van der Waals surface area contributed by atoms with Gasteiger partial charge in [-0.3, -0.25) is 4.79 Å². The van der Waals surface area contributed by atoms with Crippen molar-refractivity contribution in [2.75, 3.05) is 5.75 Å². The summed E-state index contributed by atoms with van der Waals surface area (Å²) in [5, 5.41) is 29.1. The van der Waals surface area contributed by atoms with Gasteiger partial charge in [0.1, 0.15) is 11.9 Å². The van der Waals surface area contributed by atoms with E-state index in [9.17, 15) is 20.1 Å².